The number of halogens is 6. The molecule has 19 heteroatoms. The zero-order valence-electron chi connectivity index (χ0n) is 25.0. The Bertz CT molecular complexity index is 1440. The van der Waals surface area contributed by atoms with Crippen LogP contribution in [-0.2, 0) is 33.4 Å². The van der Waals surface area contributed by atoms with Gasteiger partial charge in [-0.05, 0) is 39.0 Å². The van der Waals surface area contributed by atoms with Crippen molar-refractivity contribution in [3.8, 4) is 0 Å². The molecule has 0 aliphatic carbocycles. The molecular weight excluding hydrogens is 656 g/mol. The molecule has 2 aromatic carbocycles. The van der Waals surface area contributed by atoms with Gasteiger partial charge < -0.3 is 19.5 Å². The normalized spacial score (nSPS) is 15.6. The minimum atomic E-state index is -2.02. The van der Waals surface area contributed by atoms with Crippen LogP contribution in [0.4, 0.5) is 26.3 Å². The van der Waals surface area contributed by atoms with Crippen molar-refractivity contribution in [1.82, 2.24) is 5.32 Å². The Morgan fingerprint density at radius 3 is 1.94 bits per heavy atom. The first kappa shape index (κ1) is 43.4. The predicted octanol–water partition coefficient (Wildman–Crippen LogP) is -0.744. The summed E-state index contributed by atoms with van der Waals surface area (Å²) in [5, 5.41) is 13.3. The third-order valence-electron chi connectivity index (χ3n) is 6.42. The molecule has 1 aliphatic rings. The van der Waals surface area contributed by atoms with Crippen molar-refractivity contribution in [2.45, 2.75) is 32.6 Å². The molecule has 47 heavy (non-hydrogen) atoms. The Hall–Kier alpha value is -3.64. The van der Waals surface area contributed by atoms with Gasteiger partial charge in [0.25, 0.3) is 0 Å². The van der Waals surface area contributed by atoms with E-state index in [-0.39, 0.29) is 69.9 Å². The van der Waals surface area contributed by atoms with Crippen molar-refractivity contribution in [2.75, 3.05) is 32.9 Å². The molecule has 254 valence electrons. The average Bonchev–Trinajstić information content (AvgIpc) is 3.34. The maximum Gasteiger partial charge on any atom is 1.00 e. The molecule has 1 aliphatic heterocycles. The molecule has 0 radical (unpaired) electrons. The van der Waals surface area contributed by atoms with Gasteiger partial charge in [-0.2, -0.15) is 0 Å². The second kappa shape index (κ2) is 19.9. The fourth-order valence-electron chi connectivity index (χ4n) is 4.56. The van der Waals surface area contributed by atoms with Crippen LogP contribution >= 0.6 is 0 Å². The minimum absolute atomic E-state index is 0. The SMILES string of the molecule is CCOC(=O)C(C(=O)OCC)[C@@H](C[N+](=O)[O-])c1c(F)ccc(F)c1F.CCOC(=O)C1C(=O)NC[C@H]1c1cc(F)cc(F)c1F.[BH4-].[Na+]. The molecule has 1 saturated heterocycles. The number of nitrogens with zero attached hydrogens (tertiary/aromatic N) is 1. The largest absolute Gasteiger partial charge is 1.00 e. The molecule has 2 aromatic rings. The monoisotopic (exact) mass is 688 g/mol. The molecule has 1 amide bonds. The van der Waals surface area contributed by atoms with Gasteiger partial charge in [0.05, 0.1) is 25.7 Å². The zero-order chi connectivity index (χ0) is 34.0. The van der Waals surface area contributed by atoms with Gasteiger partial charge in [0.2, 0.25) is 12.5 Å². The van der Waals surface area contributed by atoms with Crippen molar-refractivity contribution in [1.29, 1.82) is 0 Å². The first-order valence-electron chi connectivity index (χ1n) is 13.4. The van der Waals surface area contributed by atoms with E-state index in [2.05, 4.69) is 14.8 Å². The average molecular weight is 688 g/mol. The van der Waals surface area contributed by atoms with Crippen LogP contribution in [-0.4, -0.2) is 70.1 Å². The summed E-state index contributed by atoms with van der Waals surface area (Å²) >= 11 is 0. The zero-order valence-corrected chi connectivity index (χ0v) is 27.0. The predicted molar refractivity (Wildman–Crippen MR) is 151 cm³/mol. The number of ether oxygens (including phenoxy) is 3. The summed E-state index contributed by atoms with van der Waals surface area (Å²) < 4.78 is 95.9. The molecule has 1 fully saturated rings. The Morgan fingerprint density at radius 2 is 1.43 bits per heavy atom. The topological polar surface area (TPSA) is 151 Å². The summed E-state index contributed by atoms with van der Waals surface area (Å²) in [7, 11) is 0. The molecule has 11 nitrogen and oxygen atoms in total. The van der Waals surface area contributed by atoms with E-state index in [4.69, 9.17) is 4.74 Å². The van der Waals surface area contributed by atoms with Crippen LogP contribution < -0.4 is 34.9 Å². The van der Waals surface area contributed by atoms with Gasteiger partial charge in [-0.1, -0.05) is 8.41 Å². The summed E-state index contributed by atoms with van der Waals surface area (Å²) in [5.41, 5.74) is -1.43. The second-order valence-corrected chi connectivity index (χ2v) is 9.23. The molecule has 3 rings (SSSR count). The maximum absolute atomic E-state index is 14.1. The van der Waals surface area contributed by atoms with Gasteiger partial charge in [0, 0.05) is 34.6 Å². The van der Waals surface area contributed by atoms with Crippen LogP contribution in [0.3, 0.4) is 0 Å². The molecule has 0 spiro atoms. The summed E-state index contributed by atoms with van der Waals surface area (Å²) in [6.07, 6.45) is 0. The summed E-state index contributed by atoms with van der Waals surface area (Å²) in [5.74, 6) is -18.4. The van der Waals surface area contributed by atoms with Crippen LogP contribution in [0.15, 0.2) is 24.3 Å². The smallest absolute Gasteiger partial charge is 0.465 e. The van der Waals surface area contributed by atoms with Crippen molar-refractivity contribution < 1.29 is 94.2 Å². The van der Waals surface area contributed by atoms with E-state index in [1.807, 2.05) is 0 Å². The van der Waals surface area contributed by atoms with Crippen LogP contribution in [0, 0.1) is 56.9 Å². The Kier molecular flexibility index (Phi) is 18.4. The van der Waals surface area contributed by atoms with Crippen molar-refractivity contribution >= 4 is 32.2 Å². The van der Waals surface area contributed by atoms with Gasteiger partial charge in [0.15, 0.2) is 29.2 Å². The Morgan fingerprint density at radius 1 is 0.894 bits per heavy atom. The van der Waals surface area contributed by atoms with Crippen molar-refractivity contribution in [2.24, 2.45) is 11.8 Å². The van der Waals surface area contributed by atoms with Crippen LogP contribution in [0.25, 0.3) is 0 Å². The Balaban J connectivity index is 0.000000881. The molecule has 0 aromatic heterocycles. The standard InChI is InChI=1S/C15H16F3NO6.C13H12F3NO3.BH4.Na/c1-3-24-14(20)12(15(21)25-4-2)8(7-19(22)23)11-9(16)5-6-10(17)13(11)18;1-2-20-13(19)10-8(5-17-12(10)18)7-3-6(14)4-9(15)11(7)16;;/h5-6,8,12H,3-4,7H2,1-2H3;3-4,8,10H,2,5H2,1H3,(H,17,18);1H4;/q;;-1;+1/t8-;8-,10?;;/m00../s1. The molecular formula is C28H32BF6N2NaO9. The molecule has 1 unspecified atom stereocenters. The van der Waals surface area contributed by atoms with Gasteiger partial charge >= 0.3 is 47.5 Å². The number of carbonyl (C=O) groups is 4. The first-order valence-corrected chi connectivity index (χ1v) is 13.4. The van der Waals surface area contributed by atoms with Crippen LogP contribution in [0.5, 0.6) is 0 Å². The maximum atomic E-state index is 14.1. The number of hydrogen-bond donors (Lipinski definition) is 1. The number of hydrogen-bond acceptors (Lipinski definition) is 9. The van der Waals surface area contributed by atoms with E-state index >= 15 is 0 Å². The van der Waals surface area contributed by atoms with Crippen molar-refractivity contribution in [3.05, 3.63) is 80.4 Å². The number of benzene rings is 2. The van der Waals surface area contributed by atoms with E-state index in [9.17, 15) is 55.6 Å². The summed E-state index contributed by atoms with van der Waals surface area (Å²) in [6.45, 7) is 2.76. The van der Waals surface area contributed by atoms with E-state index in [0.29, 0.717) is 18.2 Å². The number of nitro groups is 1. The number of carbonyl (C=O) groups excluding carboxylic acids is 4. The fraction of sp³-hybridized carbons (Fsp3) is 0.429. The fourth-order valence-corrected chi connectivity index (χ4v) is 4.56. The number of rotatable bonds is 11. The first-order chi connectivity index (χ1) is 21.2. The van der Waals surface area contributed by atoms with Crippen LogP contribution in [0.2, 0.25) is 0 Å². The summed E-state index contributed by atoms with van der Waals surface area (Å²) in [6, 6.07) is 2.23. The molecule has 1 N–H and O–H groups in total. The van der Waals surface area contributed by atoms with Crippen molar-refractivity contribution in [3.63, 3.8) is 0 Å². The van der Waals surface area contributed by atoms with Gasteiger partial charge in [-0.15, -0.1) is 0 Å². The third-order valence-corrected chi connectivity index (χ3v) is 6.42. The van der Waals surface area contributed by atoms with Gasteiger partial charge in [-0.25, -0.2) is 26.3 Å². The van der Waals surface area contributed by atoms with E-state index in [1.54, 1.807) is 6.92 Å². The van der Waals surface area contributed by atoms with E-state index in [1.165, 1.54) is 13.8 Å². The van der Waals surface area contributed by atoms with Crippen LogP contribution in [0.1, 0.15) is 43.7 Å². The molecule has 0 saturated carbocycles. The molecule has 3 atom stereocenters. The quantitative estimate of drug-likeness (QED) is 0.0471. The minimum Gasteiger partial charge on any atom is -0.465 e. The number of esters is 3. The summed E-state index contributed by atoms with van der Waals surface area (Å²) in [4.78, 5) is 57.5. The third kappa shape index (κ3) is 11.0. The Labute approximate surface area is 288 Å². The number of nitrogens with one attached hydrogen (secondary N) is 1. The van der Waals surface area contributed by atoms with Gasteiger partial charge in [0.1, 0.15) is 17.6 Å². The van der Waals surface area contributed by atoms with Gasteiger partial charge in [-0.3, -0.25) is 29.3 Å². The molecule has 1 heterocycles. The number of amides is 1. The second-order valence-electron chi connectivity index (χ2n) is 9.23. The van der Waals surface area contributed by atoms with E-state index in [0.717, 1.165) is 6.07 Å². The molecule has 0 bridgehead atoms. The van der Waals surface area contributed by atoms with E-state index < -0.39 is 99.4 Å².